The van der Waals surface area contributed by atoms with Gasteiger partial charge in [0, 0.05) is 16.7 Å². The van der Waals surface area contributed by atoms with Crippen molar-refractivity contribution in [3.63, 3.8) is 0 Å². The Kier molecular flexibility index (Phi) is 4.94. The van der Waals surface area contributed by atoms with Crippen LogP contribution in [0.4, 0.5) is 0 Å². The van der Waals surface area contributed by atoms with E-state index in [1.54, 1.807) is 0 Å². The van der Waals surface area contributed by atoms with E-state index in [0.717, 1.165) is 26.7 Å². The zero-order valence-electron chi connectivity index (χ0n) is 11.3. The van der Waals surface area contributed by atoms with Crippen LogP contribution in [0.25, 0.3) is 0 Å². The lowest BCUT2D eigenvalue weighted by atomic mass is 10.1. The van der Waals surface area contributed by atoms with Gasteiger partial charge < -0.3 is 10.5 Å². The van der Waals surface area contributed by atoms with E-state index in [1.165, 1.54) is 10.5 Å². The van der Waals surface area contributed by atoms with Gasteiger partial charge in [0.25, 0.3) is 0 Å². The first-order valence-corrected chi connectivity index (χ1v) is 9.19. The second-order valence-corrected chi connectivity index (χ2v) is 8.01. The highest BCUT2D eigenvalue weighted by Gasteiger charge is 2.23. The predicted octanol–water partition coefficient (Wildman–Crippen LogP) is 4.77. The average Bonchev–Trinajstić information content (AvgIpc) is 2.88. The van der Waals surface area contributed by atoms with Crippen molar-refractivity contribution in [2.45, 2.75) is 23.1 Å². The van der Waals surface area contributed by atoms with Gasteiger partial charge in [-0.2, -0.15) is 0 Å². The molecule has 0 aliphatic carbocycles. The number of fused-ring (bicyclic) bond motifs is 1. The minimum atomic E-state index is 0.468. The lowest BCUT2D eigenvalue weighted by molar-refractivity contribution is 0.313. The van der Waals surface area contributed by atoms with E-state index in [0.29, 0.717) is 18.4 Å². The third kappa shape index (κ3) is 3.47. The number of nitrogens with two attached hydrogens (primary N) is 1. The summed E-state index contributed by atoms with van der Waals surface area (Å²) in [4.78, 5) is 1.38. The van der Waals surface area contributed by atoms with Gasteiger partial charge in [0.1, 0.15) is 12.4 Å². The third-order valence-corrected chi connectivity index (χ3v) is 5.89. The van der Waals surface area contributed by atoms with E-state index in [1.807, 2.05) is 23.9 Å². The van der Waals surface area contributed by atoms with Gasteiger partial charge in [-0.1, -0.05) is 18.2 Å². The maximum absolute atomic E-state index is 6.03. The highest BCUT2D eigenvalue weighted by atomic mass is 79.9. The molecule has 0 saturated carbocycles. The van der Waals surface area contributed by atoms with Crippen molar-refractivity contribution in [2.24, 2.45) is 5.73 Å². The van der Waals surface area contributed by atoms with Gasteiger partial charge in [-0.05, 0) is 67.6 Å². The molecule has 2 aromatic carbocycles. The summed E-state index contributed by atoms with van der Waals surface area (Å²) in [7, 11) is 0. The SMILES string of the molecule is NCc1cc(Br)c(OCC2Cc3ccccc3S2)c(Br)c1. The maximum atomic E-state index is 6.03. The van der Waals surface area contributed by atoms with E-state index in [2.05, 4.69) is 56.1 Å². The highest BCUT2D eigenvalue weighted by Crippen LogP contribution is 2.39. The molecule has 0 bridgehead atoms. The first kappa shape index (κ1) is 15.4. The fraction of sp³-hybridized carbons (Fsp3) is 0.250. The third-order valence-electron chi connectivity index (χ3n) is 3.42. The number of thioether (sulfide) groups is 1. The Balaban J connectivity index is 1.67. The number of rotatable bonds is 4. The minimum Gasteiger partial charge on any atom is -0.490 e. The van der Waals surface area contributed by atoms with Crippen molar-refractivity contribution in [1.82, 2.24) is 0 Å². The maximum Gasteiger partial charge on any atom is 0.147 e. The lowest BCUT2D eigenvalue weighted by Crippen LogP contribution is -2.14. The zero-order valence-corrected chi connectivity index (χ0v) is 15.3. The molecule has 110 valence electrons. The van der Waals surface area contributed by atoms with E-state index in [-0.39, 0.29) is 0 Å². The standard InChI is InChI=1S/C16H15Br2NOS/c17-13-5-10(8-19)6-14(18)16(13)20-9-12-7-11-3-1-2-4-15(11)21-12/h1-6,12H,7-9,19H2. The quantitative estimate of drug-likeness (QED) is 0.761. The largest absolute Gasteiger partial charge is 0.490 e. The Labute approximate surface area is 145 Å². The fourth-order valence-corrected chi connectivity index (χ4v) is 5.12. The first-order chi connectivity index (χ1) is 10.2. The van der Waals surface area contributed by atoms with Crippen LogP contribution >= 0.6 is 43.6 Å². The Hall–Kier alpha value is -0.490. The Morgan fingerprint density at radius 1 is 1.19 bits per heavy atom. The summed E-state index contributed by atoms with van der Waals surface area (Å²) in [5.74, 6) is 0.851. The van der Waals surface area contributed by atoms with Crippen LogP contribution in [-0.2, 0) is 13.0 Å². The van der Waals surface area contributed by atoms with E-state index < -0.39 is 0 Å². The molecule has 1 unspecified atom stereocenters. The minimum absolute atomic E-state index is 0.468. The highest BCUT2D eigenvalue weighted by molar-refractivity contribution is 9.11. The molecule has 0 spiro atoms. The second-order valence-electron chi connectivity index (χ2n) is 4.96. The van der Waals surface area contributed by atoms with Gasteiger partial charge in [0.05, 0.1) is 8.95 Å². The fourth-order valence-electron chi connectivity index (χ4n) is 2.39. The summed E-state index contributed by atoms with van der Waals surface area (Å²) < 4.78 is 7.91. The Morgan fingerprint density at radius 2 is 1.90 bits per heavy atom. The summed E-state index contributed by atoms with van der Waals surface area (Å²) in [6.45, 7) is 1.21. The molecule has 0 saturated heterocycles. The van der Waals surface area contributed by atoms with E-state index in [9.17, 15) is 0 Å². The van der Waals surface area contributed by atoms with Crippen LogP contribution in [0, 0.1) is 0 Å². The Bertz CT molecular complexity index is 614. The van der Waals surface area contributed by atoms with Crippen LogP contribution in [0.3, 0.4) is 0 Å². The van der Waals surface area contributed by atoms with Crippen LogP contribution in [0.1, 0.15) is 11.1 Å². The molecular formula is C16H15Br2NOS. The van der Waals surface area contributed by atoms with Crippen molar-refractivity contribution >= 4 is 43.6 Å². The van der Waals surface area contributed by atoms with E-state index in [4.69, 9.17) is 10.5 Å². The van der Waals surface area contributed by atoms with Crippen LogP contribution in [0.15, 0.2) is 50.2 Å². The second kappa shape index (κ2) is 6.73. The molecule has 1 aliphatic heterocycles. The summed E-state index contributed by atoms with van der Waals surface area (Å²) >= 11 is 9.02. The molecule has 3 rings (SSSR count). The first-order valence-electron chi connectivity index (χ1n) is 6.72. The number of hydrogen-bond acceptors (Lipinski definition) is 3. The van der Waals surface area contributed by atoms with Gasteiger partial charge >= 0.3 is 0 Å². The number of ether oxygens (including phenoxy) is 1. The average molecular weight is 429 g/mol. The molecule has 1 heterocycles. The van der Waals surface area contributed by atoms with Crippen molar-refractivity contribution < 1.29 is 4.74 Å². The molecule has 1 atom stereocenters. The van der Waals surface area contributed by atoms with Gasteiger partial charge in [-0.25, -0.2) is 0 Å². The van der Waals surface area contributed by atoms with Gasteiger partial charge in [0.15, 0.2) is 0 Å². The van der Waals surface area contributed by atoms with Crippen LogP contribution in [-0.4, -0.2) is 11.9 Å². The topological polar surface area (TPSA) is 35.2 Å². The van der Waals surface area contributed by atoms with Gasteiger partial charge in [-0.15, -0.1) is 11.8 Å². The van der Waals surface area contributed by atoms with E-state index >= 15 is 0 Å². The molecule has 5 heteroatoms. The molecule has 0 amide bonds. The molecule has 2 N–H and O–H groups in total. The smallest absolute Gasteiger partial charge is 0.147 e. The molecule has 2 aromatic rings. The summed E-state index contributed by atoms with van der Waals surface area (Å²) in [6.07, 6.45) is 1.07. The molecule has 2 nitrogen and oxygen atoms in total. The van der Waals surface area contributed by atoms with Crippen LogP contribution in [0.2, 0.25) is 0 Å². The van der Waals surface area contributed by atoms with Crippen molar-refractivity contribution in [1.29, 1.82) is 0 Å². The number of benzene rings is 2. The predicted molar refractivity (Wildman–Crippen MR) is 95.0 cm³/mol. The molecule has 0 radical (unpaired) electrons. The molecule has 0 fully saturated rings. The number of halogens is 2. The van der Waals surface area contributed by atoms with Crippen molar-refractivity contribution in [3.8, 4) is 5.75 Å². The van der Waals surface area contributed by atoms with Crippen molar-refractivity contribution in [3.05, 3.63) is 56.5 Å². The molecular weight excluding hydrogens is 414 g/mol. The lowest BCUT2D eigenvalue weighted by Gasteiger charge is -2.14. The normalized spacial score (nSPS) is 16.8. The van der Waals surface area contributed by atoms with Crippen LogP contribution < -0.4 is 10.5 Å². The summed E-state index contributed by atoms with van der Waals surface area (Å²) in [5, 5.41) is 0.468. The van der Waals surface area contributed by atoms with Gasteiger partial charge in [-0.3, -0.25) is 0 Å². The molecule has 1 aliphatic rings. The molecule has 21 heavy (non-hydrogen) atoms. The van der Waals surface area contributed by atoms with Crippen LogP contribution in [0.5, 0.6) is 5.75 Å². The zero-order chi connectivity index (χ0) is 14.8. The number of hydrogen-bond donors (Lipinski definition) is 1. The van der Waals surface area contributed by atoms with Gasteiger partial charge in [0.2, 0.25) is 0 Å². The monoisotopic (exact) mass is 427 g/mol. The summed E-state index contributed by atoms with van der Waals surface area (Å²) in [5.41, 5.74) is 8.17. The Morgan fingerprint density at radius 3 is 2.57 bits per heavy atom. The molecule has 0 aromatic heterocycles. The van der Waals surface area contributed by atoms with Crippen molar-refractivity contribution in [2.75, 3.05) is 6.61 Å². The summed E-state index contributed by atoms with van der Waals surface area (Å²) in [6, 6.07) is 12.6.